The molecular formula is C20H25BrO5. The van der Waals surface area contributed by atoms with Gasteiger partial charge in [-0.25, -0.2) is 4.79 Å². The van der Waals surface area contributed by atoms with E-state index in [1.165, 1.54) is 7.11 Å². The monoisotopic (exact) mass is 424 g/mol. The van der Waals surface area contributed by atoms with Crippen LogP contribution in [0.3, 0.4) is 0 Å². The molecule has 0 amide bonds. The van der Waals surface area contributed by atoms with Gasteiger partial charge in [0.25, 0.3) is 0 Å². The van der Waals surface area contributed by atoms with E-state index >= 15 is 0 Å². The molecule has 5 nitrogen and oxygen atoms in total. The first-order valence-corrected chi connectivity index (χ1v) is 9.69. The number of aliphatic hydroxyl groups is 1. The lowest BCUT2D eigenvalue weighted by molar-refractivity contribution is -0.171. The molecule has 2 aliphatic carbocycles. The van der Waals surface area contributed by atoms with E-state index in [0.29, 0.717) is 16.8 Å². The minimum absolute atomic E-state index is 0.0328. The highest BCUT2D eigenvalue weighted by molar-refractivity contribution is 9.10. The number of hydrogen-bond donors (Lipinski definition) is 2. The fraction of sp³-hybridized carbons (Fsp3) is 0.600. The Morgan fingerprint density at radius 2 is 2.04 bits per heavy atom. The normalized spacial score (nSPS) is 33.2. The van der Waals surface area contributed by atoms with Gasteiger partial charge in [0, 0.05) is 5.41 Å². The predicted molar refractivity (Wildman–Crippen MR) is 100 cm³/mol. The summed E-state index contributed by atoms with van der Waals surface area (Å²) in [6.45, 7) is 7.86. The molecule has 142 valence electrons. The molecule has 1 aromatic carbocycles. The Morgan fingerprint density at radius 1 is 1.42 bits per heavy atom. The van der Waals surface area contributed by atoms with Gasteiger partial charge < -0.3 is 14.9 Å². The fourth-order valence-corrected chi connectivity index (χ4v) is 5.47. The van der Waals surface area contributed by atoms with Crippen LogP contribution < -0.4 is 0 Å². The maximum absolute atomic E-state index is 13.3. The van der Waals surface area contributed by atoms with Crippen LogP contribution in [0.4, 0.5) is 0 Å². The van der Waals surface area contributed by atoms with Crippen molar-refractivity contribution in [1.29, 1.82) is 0 Å². The smallest absolute Gasteiger partial charge is 0.346 e. The Hall–Kier alpha value is -1.40. The van der Waals surface area contributed by atoms with Crippen LogP contribution in [-0.2, 0) is 9.53 Å². The van der Waals surface area contributed by atoms with Crippen LogP contribution in [0.25, 0.3) is 0 Å². The van der Waals surface area contributed by atoms with Crippen LogP contribution in [0.1, 0.15) is 61.0 Å². The largest absolute Gasteiger partial charge is 0.506 e. The van der Waals surface area contributed by atoms with Gasteiger partial charge in [-0.05, 0) is 64.6 Å². The molecule has 0 bridgehead atoms. The van der Waals surface area contributed by atoms with E-state index in [9.17, 15) is 19.8 Å². The number of ether oxygens (including phenoxy) is 1. The summed E-state index contributed by atoms with van der Waals surface area (Å²) in [5, 5.41) is 22.1. The number of Topliss-reactive ketones (excluding diaryl/α,β-unsaturated/α-hetero) is 1. The number of halogens is 1. The van der Waals surface area contributed by atoms with Crippen molar-refractivity contribution < 1.29 is 24.5 Å². The molecular weight excluding hydrogens is 400 g/mol. The quantitative estimate of drug-likeness (QED) is 0.558. The van der Waals surface area contributed by atoms with E-state index in [1.807, 2.05) is 13.0 Å². The second-order valence-corrected chi connectivity index (χ2v) is 8.99. The molecule has 1 fully saturated rings. The second kappa shape index (κ2) is 6.06. The number of methoxy groups -OCH3 is 1. The molecule has 6 heteroatoms. The third kappa shape index (κ3) is 2.18. The van der Waals surface area contributed by atoms with Crippen LogP contribution in [-0.4, -0.2) is 34.7 Å². The van der Waals surface area contributed by atoms with Gasteiger partial charge in [0.1, 0.15) is 5.75 Å². The van der Waals surface area contributed by atoms with Crippen LogP contribution in [0.5, 0.6) is 5.75 Å². The van der Waals surface area contributed by atoms with Crippen molar-refractivity contribution >= 4 is 27.7 Å². The lowest BCUT2D eigenvalue weighted by Gasteiger charge is -2.49. The SMILES string of the molecule is COC(=O)[C@]1(O)C(=O)c2c(cc(C)c(Br)c2O)[C@@H]2[C@@H](C(C)C)CC[C@]21C. The summed E-state index contributed by atoms with van der Waals surface area (Å²) in [6, 6.07) is 1.90. The zero-order chi connectivity index (χ0) is 19.6. The van der Waals surface area contributed by atoms with Crippen LogP contribution in [0.15, 0.2) is 10.5 Å². The molecule has 0 aromatic heterocycles. The van der Waals surface area contributed by atoms with Crippen molar-refractivity contribution in [3.63, 3.8) is 0 Å². The van der Waals surface area contributed by atoms with Crippen LogP contribution in [0, 0.1) is 24.2 Å². The first-order valence-electron chi connectivity index (χ1n) is 8.89. The lowest BCUT2D eigenvalue weighted by Crippen LogP contribution is -2.63. The first-order chi connectivity index (χ1) is 12.0. The van der Waals surface area contributed by atoms with Crippen LogP contribution in [0.2, 0.25) is 0 Å². The van der Waals surface area contributed by atoms with Gasteiger partial charge in [-0.1, -0.05) is 26.8 Å². The van der Waals surface area contributed by atoms with E-state index < -0.39 is 22.8 Å². The molecule has 1 aromatic rings. The van der Waals surface area contributed by atoms with Gasteiger partial charge in [-0.2, -0.15) is 0 Å². The Kier molecular flexibility index (Phi) is 4.51. The van der Waals surface area contributed by atoms with Crippen molar-refractivity contribution in [2.75, 3.05) is 7.11 Å². The van der Waals surface area contributed by atoms with Gasteiger partial charge in [-0.3, -0.25) is 4.79 Å². The summed E-state index contributed by atoms with van der Waals surface area (Å²) in [5.41, 5.74) is -1.72. The third-order valence-corrected chi connectivity index (χ3v) is 7.62. The second-order valence-electron chi connectivity index (χ2n) is 8.19. The van der Waals surface area contributed by atoms with Gasteiger partial charge in [0.2, 0.25) is 11.4 Å². The molecule has 4 atom stereocenters. The molecule has 2 aliphatic rings. The number of phenolic OH excluding ortho intramolecular Hbond substituents is 1. The Morgan fingerprint density at radius 3 is 2.58 bits per heavy atom. The molecule has 26 heavy (non-hydrogen) atoms. The topological polar surface area (TPSA) is 83.8 Å². The molecule has 1 saturated carbocycles. The minimum atomic E-state index is -2.31. The maximum atomic E-state index is 13.3. The molecule has 0 radical (unpaired) electrons. The molecule has 0 heterocycles. The van der Waals surface area contributed by atoms with E-state index in [1.54, 1.807) is 6.92 Å². The van der Waals surface area contributed by atoms with E-state index in [2.05, 4.69) is 29.8 Å². The molecule has 0 unspecified atom stereocenters. The molecule has 2 N–H and O–H groups in total. The number of phenols is 1. The third-order valence-electron chi connectivity index (χ3n) is 6.62. The van der Waals surface area contributed by atoms with E-state index in [-0.39, 0.29) is 23.1 Å². The molecule has 0 saturated heterocycles. The predicted octanol–water partition coefficient (Wildman–Crippen LogP) is 3.72. The summed E-state index contributed by atoms with van der Waals surface area (Å²) < 4.78 is 5.24. The van der Waals surface area contributed by atoms with Gasteiger partial charge in [-0.15, -0.1) is 0 Å². The standard InChI is InChI=1S/C20H25BrO5/c1-9(2)11-6-7-19(4)14(11)12-8-10(3)15(21)16(22)13(12)17(23)20(19,25)18(24)26-5/h8-9,11,14,22,25H,6-7H2,1-5H3/t11-,14+,19-,20-/m1/s1. The highest BCUT2D eigenvalue weighted by atomic mass is 79.9. The van der Waals surface area contributed by atoms with Crippen molar-refractivity contribution in [2.24, 2.45) is 17.3 Å². The molecule has 0 aliphatic heterocycles. The number of hydrogen-bond acceptors (Lipinski definition) is 5. The van der Waals surface area contributed by atoms with E-state index in [4.69, 9.17) is 4.74 Å². The molecule has 0 spiro atoms. The summed E-state index contributed by atoms with van der Waals surface area (Å²) in [6.07, 6.45) is 1.33. The Balaban J connectivity index is 2.40. The van der Waals surface area contributed by atoms with Gasteiger partial charge in [0.15, 0.2) is 0 Å². The van der Waals surface area contributed by atoms with Crippen molar-refractivity contribution in [1.82, 2.24) is 0 Å². The summed E-state index contributed by atoms with van der Waals surface area (Å²) in [4.78, 5) is 25.9. The zero-order valence-corrected chi connectivity index (χ0v) is 17.3. The van der Waals surface area contributed by atoms with Crippen molar-refractivity contribution in [3.8, 4) is 5.75 Å². The first kappa shape index (κ1) is 19.4. The Bertz CT molecular complexity index is 802. The number of ketones is 1. The number of fused-ring (bicyclic) bond motifs is 3. The summed E-state index contributed by atoms with van der Waals surface area (Å²) >= 11 is 3.31. The minimum Gasteiger partial charge on any atom is -0.506 e. The number of carbonyl (C=O) groups is 2. The summed E-state index contributed by atoms with van der Waals surface area (Å²) in [5.74, 6) is -1.69. The van der Waals surface area contributed by atoms with Crippen molar-refractivity contribution in [2.45, 2.75) is 52.1 Å². The number of esters is 1. The average Bonchev–Trinajstić information content (AvgIpc) is 2.96. The number of aromatic hydroxyl groups is 1. The number of aryl methyl sites for hydroxylation is 1. The number of rotatable bonds is 2. The number of benzene rings is 1. The molecule has 3 rings (SSSR count). The van der Waals surface area contributed by atoms with Crippen molar-refractivity contribution in [3.05, 3.63) is 27.2 Å². The maximum Gasteiger partial charge on any atom is 0.346 e. The van der Waals surface area contributed by atoms with E-state index in [0.717, 1.165) is 17.5 Å². The van der Waals surface area contributed by atoms with Crippen LogP contribution >= 0.6 is 15.9 Å². The van der Waals surface area contributed by atoms with Gasteiger partial charge >= 0.3 is 5.97 Å². The fourth-order valence-electron chi connectivity index (χ4n) is 5.16. The lowest BCUT2D eigenvalue weighted by atomic mass is 9.55. The van der Waals surface area contributed by atoms with Gasteiger partial charge in [0.05, 0.1) is 17.1 Å². The Labute approximate surface area is 161 Å². The highest BCUT2D eigenvalue weighted by Gasteiger charge is 2.69. The average molecular weight is 425 g/mol. The highest BCUT2D eigenvalue weighted by Crippen LogP contribution is 2.64. The zero-order valence-electron chi connectivity index (χ0n) is 15.7. The number of carbonyl (C=O) groups excluding carboxylic acids is 2. The summed E-state index contributed by atoms with van der Waals surface area (Å²) in [7, 11) is 1.17.